The Hall–Kier alpha value is -0.280. The van der Waals surface area contributed by atoms with Crippen LogP contribution in [0.15, 0.2) is 18.2 Å². The predicted molar refractivity (Wildman–Crippen MR) is 69.8 cm³/mol. The van der Waals surface area contributed by atoms with Crippen LogP contribution in [-0.2, 0) is 11.2 Å². The largest absolute Gasteiger partial charge is 0.389 e. The van der Waals surface area contributed by atoms with Crippen molar-refractivity contribution in [2.24, 2.45) is 0 Å². The zero-order valence-corrected chi connectivity index (χ0v) is 11.1. The minimum absolute atomic E-state index is 0.495. The Morgan fingerprint density at radius 1 is 1.18 bits per heavy atom. The van der Waals surface area contributed by atoms with Gasteiger partial charge in [0.25, 0.3) is 0 Å². The van der Waals surface area contributed by atoms with Crippen molar-refractivity contribution in [2.75, 3.05) is 13.2 Å². The van der Waals surface area contributed by atoms with Crippen molar-refractivity contribution in [1.29, 1.82) is 0 Å². The van der Waals surface area contributed by atoms with Crippen molar-refractivity contribution in [2.45, 2.75) is 31.3 Å². The molecule has 1 aromatic rings. The van der Waals surface area contributed by atoms with E-state index in [1.54, 1.807) is 12.1 Å². The van der Waals surface area contributed by atoms with E-state index in [0.29, 0.717) is 29.5 Å². The van der Waals surface area contributed by atoms with Gasteiger partial charge in [0.15, 0.2) is 0 Å². The standard InChI is InChI=1S/C13H16Cl2O2/c14-11-3-1-4-12(15)10(11)9-13(16)5-2-7-17-8-6-13/h1,3-4,16H,2,5-9H2. The number of ether oxygens (including phenoxy) is 1. The van der Waals surface area contributed by atoms with Crippen molar-refractivity contribution in [3.8, 4) is 0 Å². The number of hydrogen-bond donors (Lipinski definition) is 1. The van der Waals surface area contributed by atoms with Gasteiger partial charge in [-0.15, -0.1) is 0 Å². The van der Waals surface area contributed by atoms with Gasteiger partial charge in [-0.25, -0.2) is 0 Å². The third-order valence-electron chi connectivity index (χ3n) is 3.21. The molecular weight excluding hydrogens is 259 g/mol. The van der Waals surface area contributed by atoms with Crippen molar-refractivity contribution < 1.29 is 9.84 Å². The quantitative estimate of drug-likeness (QED) is 0.895. The highest BCUT2D eigenvalue weighted by molar-refractivity contribution is 6.36. The molecule has 1 aromatic carbocycles. The van der Waals surface area contributed by atoms with Crippen molar-refractivity contribution in [3.05, 3.63) is 33.8 Å². The van der Waals surface area contributed by atoms with Crippen LogP contribution in [-0.4, -0.2) is 23.9 Å². The number of benzene rings is 1. The van der Waals surface area contributed by atoms with Crippen molar-refractivity contribution in [1.82, 2.24) is 0 Å². The molecule has 4 heteroatoms. The van der Waals surface area contributed by atoms with E-state index in [0.717, 1.165) is 25.0 Å². The molecule has 0 saturated carbocycles. The summed E-state index contributed by atoms with van der Waals surface area (Å²) >= 11 is 12.2. The molecule has 1 unspecified atom stereocenters. The lowest BCUT2D eigenvalue weighted by Crippen LogP contribution is -2.32. The first-order chi connectivity index (χ1) is 8.11. The molecule has 0 bridgehead atoms. The van der Waals surface area contributed by atoms with Crippen molar-refractivity contribution in [3.63, 3.8) is 0 Å². The predicted octanol–water partition coefficient (Wildman–Crippen LogP) is 3.47. The van der Waals surface area contributed by atoms with Crippen LogP contribution < -0.4 is 0 Å². The van der Waals surface area contributed by atoms with Crippen LogP contribution in [0.25, 0.3) is 0 Å². The van der Waals surface area contributed by atoms with Gasteiger partial charge < -0.3 is 9.84 Å². The minimum Gasteiger partial charge on any atom is -0.389 e. The fourth-order valence-electron chi connectivity index (χ4n) is 2.20. The van der Waals surface area contributed by atoms with Crippen LogP contribution in [0.3, 0.4) is 0 Å². The van der Waals surface area contributed by atoms with Gasteiger partial charge in [-0.3, -0.25) is 0 Å². The van der Waals surface area contributed by atoms with Gasteiger partial charge in [0.1, 0.15) is 0 Å². The molecule has 1 aliphatic heterocycles. The summed E-state index contributed by atoms with van der Waals surface area (Å²) in [6.07, 6.45) is 2.73. The fourth-order valence-corrected chi connectivity index (χ4v) is 2.73. The van der Waals surface area contributed by atoms with E-state index < -0.39 is 5.60 Å². The monoisotopic (exact) mass is 274 g/mol. The van der Waals surface area contributed by atoms with Crippen LogP contribution in [0.2, 0.25) is 10.0 Å². The third-order valence-corrected chi connectivity index (χ3v) is 3.92. The molecule has 1 N–H and O–H groups in total. The maximum atomic E-state index is 10.6. The van der Waals surface area contributed by atoms with Crippen molar-refractivity contribution >= 4 is 23.2 Å². The molecule has 1 saturated heterocycles. The molecule has 1 atom stereocenters. The summed E-state index contributed by atoms with van der Waals surface area (Å²) in [5.74, 6) is 0. The summed E-state index contributed by atoms with van der Waals surface area (Å²) in [5.41, 5.74) is 0.0886. The highest BCUT2D eigenvalue weighted by atomic mass is 35.5. The maximum absolute atomic E-state index is 10.6. The van der Waals surface area contributed by atoms with E-state index in [2.05, 4.69) is 0 Å². The molecule has 1 aliphatic rings. The number of hydrogen-bond acceptors (Lipinski definition) is 2. The highest BCUT2D eigenvalue weighted by Gasteiger charge is 2.30. The fraction of sp³-hybridized carbons (Fsp3) is 0.538. The maximum Gasteiger partial charge on any atom is 0.0711 e. The van der Waals surface area contributed by atoms with Gasteiger partial charge >= 0.3 is 0 Å². The van der Waals surface area contributed by atoms with E-state index in [4.69, 9.17) is 27.9 Å². The molecule has 2 rings (SSSR count). The Bertz CT molecular complexity index is 365. The Balaban J connectivity index is 2.18. The molecule has 0 aliphatic carbocycles. The summed E-state index contributed by atoms with van der Waals surface area (Å²) in [4.78, 5) is 0. The van der Waals surface area contributed by atoms with Crippen LogP contribution in [0.5, 0.6) is 0 Å². The van der Waals surface area contributed by atoms with Gasteiger partial charge in [-0.05, 0) is 37.0 Å². The van der Waals surface area contributed by atoms with Gasteiger partial charge in [0, 0.05) is 29.7 Å². The first kappa shape index (κ1) is 13.2. The lowest BCUT2D eigenvalue weighted by atomic mass is 9.88. The second kappa shape index (κ2) is 5.57. The van der Waals surface area contributed by atoms with E-state index in [1.165, 1.54) is 0 Å². The summed E-state index contributed by atoms with van der Waals surface area (Å²) in [6, 6.07) is 5.42. The number of rotatable bonds is 2. The molecule has 1 heterocycles. The average molecular weight is 275 g/mol. The van der Waals surface area contributed by atoms with E-state index in [-0.39, 0.29) is 0 Å². The molecule has 17 heavy (non-hydrogen) atoms. The Kier molecular flexibility index (Phi) is 4.31. The van der Waals surface area contributed by atoms with Crippen LogP contribution >= 0.6 is 23.2 Å². The van der Waals surface area contributed by atoms with Crippen LogP contribution in [0, 0.1) is 0 Å². The summed E-state index contributed by atoms with van der Waals surface area (Å²) in [7, 11) is 0. The molecule has 0 amide bonds. The normalized spacial score (nSPS) is 25.6. The minimum atomic E-state index is -0.745. The van der Waals surface area contributed by atoms with Gasteiger partial charge in [0.05, 0.1) is 5.60 Å². The topological polar surface area (TPSA) is 29.5 Å². The summed E-state index contributed by atoms with van der Waals surface area (Å²) in [5, 5.41) is 11.8. The van der Waals surface area contributed by atoms with Gasteiger partial charge in [0.2, 0.25) is 0 Å². The second-order valence-corrected chi connectivity index (χ2v) is 5.38. The van der Waals surface area contributed by atoms with E-state index >= 15 is 0 Å². The first-order valence-electron chi connectivity index (χ1n) is 5.84. The molecule has 94 valence electrons. The van der Waals surface area contributed by atoms with Gasteiger partial charge in [-0.1, -0.05) is 29.3 Å². The lowest BCUT2D eigenvalue weighted by Gasteiger charge is -2.27. The second-order valence-electron chi connectivity index (χ2n) is 4.57. The number of halogens is 2. The molecule has 0 radical (unpaired) electrons. The zero-order valence-electron chi connectivity index (χ0n) is 9.59. The Labute approximate surface area is 111 Å². The van der Waals surface area contributed by atoms with Crippen LogP contribution in [0.4, 0.5) is 0 Å². The molecule has 0 spiro atoms. The summed E-state index contributed by atoms with van der Waals surface area (Å²) < 4.78 is 5.36. The Morgan fingerprint density at radius 2 is 1.88 bits per heavy atom. The van der Waals surface area contributed by atoms with E-state index in [1.807, 2.05) is 6.07 Å². The Morgan fingerprint density at radius 3 is 2.59 bits per heavy atom. The zero-order chi connectivity index (χ0) is 12.3. The highest BCUT2D eigenvalue weighted by Crippen LogP contribution is 2.32. The smallest absolute Gasteiger partial charge is 0.0711 e. The molecule has 0 aromatic heterocycles. The molecule has 2 nitrogen and oxygen atoms in total. The van der Waals surface area contributed by atoms with E-state index in [9.17, 15) is 5.11 Å². The lowest BCUT2D eigenvalue weighted by molar-refractivity contribution is 0.0189. The first-order valence-corrected chi connectivity index (χ1v) is 6.59. The van der Waals surface area contributed by atoms with Crippen LogP contribution in [0.1, 0.15) is 24.8 Å². The molecule has 1 fully saturated rings. The SMILES string of the molecule is OC1(Cc2c(Cl)cccc2Cl)CCCOCC1. The van der Waals surface area contributed by atoms with Gasteiger partial charge in [-0.2, -0.15) is 0 Å². The average Bonchev–Trinajstić information content (AvgIpc) is 2.49. The number of aliphatic hydroxyl groups is 1. The summed E-state index contributed by atoms with van der Waals surface area (Å²) in [6.45, 7) is 1.32. The molecular formula is C13H16Cl2O2. The third kappa shape index (κ3) is 3.35.